The smallest absolute Gasteiger partial charge is 0.195 e. The van der Waals surface area contributed by atoms with Crippen molar-refractivity contribution in [3.8, 4) is 0 Å². The second kappa shape index (κ2) is 5.23. The van der Waals surface area contributed by atoms with E-state index in [-0.39, 0.29) is 12.3 Å². The number of rotatable bonds is 5. The molecule has 0 saturated heterocycles. The molecule has 0 radical (unpaired) electrons. The number of carbonyl (C=O) groups excluding carboxylic acids is 1. The van der Waals surface area contributed by atoms with Crippen LogP contribution in [0.3, 0.4) is 0 Å². The maximum absolute atomic E-state index is 11.4. The maximum atomic E-state index is 11.4. The van der Waals surface area contributed by atoms with Gasteiger partial charge >= 0.3 is 0 Å². The second-order valence-electron chi connectivity index (χ2n) is 2.68. The van der Waals surface area contributed by atoms with Crippen molar-refractivity contribution in [3.05, 3.63) is 16.4 Å². The van der Waals surface area contributed by atoms with Crippen LogP contribution in [-0.2, 0) is 11.3 Å². The van der Waals surface area contributed by atoms with Gasteiger partial charge in [0.05, 0.1) is 30.4 Å². The molecule has 0 aromatic carbocycles. The van der Waals surface area contributed by atoms with Gasteiger partial charge in [-0.25, -0.2) is 0 Å². The van der Waals surface area contributed by atoms with Gasteiger partial charge in [0, 0.05) is 7.11 Å². The molecule has 1 aromatic rings. The highest BCUT2D eigenvalue weighted by molar-refractivity contribution is 9.10. The van der Waals surface area contributed by atoms with E-state index in [1.807, 2.05) is 0 Å². The van der Waals surface area contributed by atoms with E-state index < -0.39 is 0 Å². The molecule has 0 aliphatic heterocycles. The highest BCUT2D eigenvalue weighted by Gasteiger charge is 2.14. The van der Waals surface area contributed by atoms with Gasteiger partial charge < -0.3 is 10.5 Å². The molecule has 78 valence electrons. The SMILES string of the molecule is COCCn1ncc(Br)c1C(=O)CN. The fourth-order valence-corrected chi connectivity index (χ4v) is 1.60. The Hall–Kier alpha value is -0.720. The molecule has 5 nitrogen and oxygen atoms in total. The predicted octanol–water partition coefficient (Wildman–Crippen LogP) is 0.433. The van der Waals surface area contributed by atoms with Gasteiger partial charge in [0.25, 0.3) is 0 Å². The summed E-state index contributed by atoms with van der Waals surface area (Å²) < 4.78 is 7.16. The Morgan fingerprint density at radius 3 is 3.07 bits per heavy atom. The third-order valence-corrected chi connectivity index (χ3v) is 2.33. The Bertz CT molecular complexity index is 324. The van der Waals surface area contributed by atoms with E-state index >= 15 is 0 Å². The fraction of sp³-hybridized carbons (Fsp3) is 0.500. The lowest BCUT2D eigenvalue weighted by Crippen LogP contribution is -2.20. The molecular weight excluding hydrogens is 250 g/mol. The quantitative estimate of drug-likeness (QED) is 0.781. The number of hydrogen-bond acceptors (Lipinski definition) is 4. The molecular formula is C8H12BrN3O2. The van der Waals surface area contributed by atoms with Crippen molar-refractivity contribution in [2.75, 3.05) is 20.3 Å². The zero-order valence-electron chi connectivity index (χ0n) is 7.86. The number of halogens is 1. The van der Waals surface area contributed by atoms with E-state index in [2.05, 4.69) is 21.0 Å². The molecule has 0 spiro atoms. The molecule has 0 bridgehead atoms. The van der Waals surface area contributed by atoms with Crippen molar-refractivity contribution in [3.63, 3.8) is 0 Å². The fourth-order valence-electron chi connectivity index (χ4n) is 1.08. The van der Waals surface area contributed by atoms with Crippen LogP contribution in [0.25, 0.3) is 0 Å². The van der Waals surface area contributed by atoms with Gasteiger partial charge in [-0.3, -0.25) is 9.48 Å². The lowest BCUT2D eigenvalue weighted by Gasteiger charge is -2.05. The largest absolute Gasteiger partial charge is 0.383 e. The van der Waals surface area contributed by atoms with Crippen LogP contribution in [0.1, 0.15) is 10.5 Å². The van der Waals surface area contributed by atoms with E-state index in [9.17, 15) is 4.79 Å². The molecule has 14 heavy (non-hydrogen) atoms. The monoisotopic (exact) mass is 261 g/mol. The second-order valence-corrected chi connectivity index (χ2v) is 3.54. The first-order chi connectivity index (χ1) is 6.70. The van der Waals surface area contributed by atoms with E-state index in [1.165, 1.54) is 0 Å². The minimum atomic E-state index is -0.134. The number of aromatic nitrogens is 2. The molecule has 0 saturated carbocycles. The Morgan fingerprint density at radius 2 is 2.50 bits per heavy atom. The number of ether oxygens (including phenoxy) is 1. The van der Waals surface area contributed by atoms with E-state index in [4.69, 9.17) is 10.5 Å². The third-order valence-electron chi connectivity index (χ3n) is 1.75. The molecule has 0 aliphatic rings. The lowest BCUT2D eigenvalue weighted by atomic mass is 10.3. The molecule has 6 heteroatoms. The molecule has 1 rings (SSSR count). The standard InChI is InChI=1S/C8H12BrN3O2/c1-14-3-2-12-8(7(13)4-10)6(9)5-11-12/h5H,2-4,10H2,1H3. The van der Waals surface area contributed by atoms with Crippen molar-refractivity contribution in [2.24, 2.45) is 5.73 Å². The van der Waals surface area contributed by atoms with Crippen molar-refractivity contribution < 1.29 is 9.53 Å². The van der Waals surface area contributed by atoms with Crippen molar-refractivity contribution in [1.29, 1.82) is 0 Å². The number of methoxy groups -OCH3 is 1. The van der Waals surface area contributed by atoms with E-state index in [0.717, 1.165) is 0 Å². The van der Waals surface area contributed by atoms with Crippen LogP contribution >= 0.6 is 15.9 Å². The summed E-state index contributed by atoms with van der Waals surface area (Å²) in [6, 6.07) is 0. The first kappa shape index (κ1) is 11.4. The summed E-state index contributed by atoms with van der Waals surface area (Å²) in [6.45, 7) is 1.04. The van der Waals surface area contributed by atoms with E-state index in [0.29, 0.717) is 23.3 Å². The van der Waals surface area contributed by atoms with Gasteiger partial charge in [0.1, 0.15) is 5.69 Å². The van der Waals surface area contributed by atoms with Gasteiger partial charge in [0.2, 0.25) is 0 Å². The third kappa shape index (κ3) is 2.40. The van der Waals surface area contributed by atoms with Gasteiger partial charge in [-0.15, -0.1) is 0 Å². The summed E-state index contributed by atoms with van der Waals surface area (Å²) in [6.07, 6.45) is 1.58. The van der Waals surface area contributed by atoms with Crippen LogP contribution in [0.2, 0.25) is 0 Å². The van der Waals surface area contributed by atoms with Crippen molar-refractivity contribution in [2.45, 2.75) is 6.54 Å². The summed E-state index contributed by atoms with van der Waals surface area (Å²) in [7, 11) is 1.60. The average molecular weight is 262 g/mol. The van der Waals surface area contributed by atoms with Crippen LogP contribution in [0.15, 0.2) is 10.7 Å². The highest BCUT2D eigenvalue weighted by atomic mass is 79.9. The topological polar surface area (TPSA) is 70.1 Å². The summed E-state index contributed by atoms with van der Waals surface area (Å²) >= 11 is 3.25. The normalized spacial score (nSPS) is 10.5. The van der Waals surface area contributed by atoms with Gasteiger partial charge in [-0.2, -0.15) is 5.10 Å². The lowest BCUT2D eigenvalue weighted by molar-refractivity contribution is 0.0986. The van der Waals surface area contributed by atoms with Gasteiger partial charge in [-0.05, 0) is 15.9 Å². The number of nitrogens with two attached hydrogens (primary N) is 1. The highest BCUT2D eigenvalue weighted by Crippen LogP contribution is 2.16. The molecule has 0 unspecified atom stereocenters. The number of nitrogens with zero attached hydrogens (tertiary/aromatic N) is 2. The molecule has 0 fully saturated rings. The van der Waals surface area contributed by atoms with Gasteiger partial charge in [0.15, 0.2) is 5.78 Å². The van der Waals surface area contributed by atoms with Gasteiger partial charge in [-0.1, -0.05) is 0 Å². The maximum Gasteiger partial charge on any atom is 0.195 e. The summed E-state index contributed by atoms with van der Waals surface area (Å²) in [5, 5.41) is 4.04. The molecule has 1 aromatic heterocycles. The predicted molar refractivity (Wildman–Crippen MR) is 55.2 cm³/mol. The van der Waals surface area contributed by atoms with Crippen LogP contribution in [0.4, 0.5) is 0 Å². The summed E-state index contributed by atoms with van der Waals surface area (Å²) in [4.78, 5) is 11.4. The van der Waals surface area contributed by atoms with Crippen molar-refractivity contribution >= 4 is 21.7 Å². The Balaban J connectivity index is 2.88. The molecule has 1 heterocycles. The molecule has 0 amide bonds. The molecule has 0 aliphatic carbocycles. The Labute approximate surface area is 90.3 Å². The number of Topliss-reactive ketones (excluding diaryl/α,β-unsaturated/α-hetero) is 1. The zero-order chi connectivity index (χ0) is 10.6. The van der Waals surface area contributed by atoms with Crippen LogP contribution < -0.4 is 5.73 Å². The minimum absolute atomic E-state index is 0.0166. The van der Waals surface area contributed by atoms with Crippen molar-refractivity contribution in [1.82, 2.24) is 9.78 Å². The summed E-state index contributed by atoms with van der Waals surface area (Å²) in [5.41, 5.74) is 5.79. The Kier molecular flexibility index (Phi) is 4.24. The first-order valence-electron chi connectivity index (χ1n) is 4.14. The first-order valence-corrected chi connectivity index (χ1v) is 4.93. The zero-order valence-corrected chi connectivity index (χ0v) is 9.45. The van der Waals surface area contributed by atoms with E-state index in [1.54, 1.807) is 18.0 Å². The molecule has 0 atom stereocenters. The molecule has 2 N–H and O–H groups in total. The summed E-state index contributed by atoms with van der Waals surface area (Å²) in [5.74, 6) is -0.134. The van der Waals surface area contributed by atoms with Crippen LogP contribution in [0, 0.1) is 0 Å². The number of ketones is 1. The Morgan fingerprint density at radius 1 is 1.79 bits per heavy atom. The minimum Gasteiger partial charge on any atom is -0.383 e. The van der Waals surface area contributed by atoms with Crippen LogP contribution in [-0.4, -0.2) is 35.8 Å². The number of carbonyl (C=O) groups is 1. The number of hydrogen-bond donors (Lipinski definition) is 1. The average Bonchev–Trinajstić information content (AvgIpc) is 2.55. The van der Waals surface area contributed by atoms with Crippen LogP contribution in [0.5, 0.6) is 0 Å².